The van der Waals surface area contributed by atoms with Crippen molar-refractivity contribution in [1.29, 1.82) is 0 Å². The Morgan fingerprint density at radius 1 is 0.286 bits per heavy atom. The summed E-state index contributed by atoms with van der Waals surface area (Å²) in [4.78, 5) is 2.33. The molecule has 10 aromatic carbocycles. The first-order chi connectivity index (χ1) is 31.2. The summed E-state index contributed by atoms with van der Waals surface area (Å²) < 4.78 is 6.41. The number of hydrogen-bond donors (Lipinski definition) is 0. The molecular formula is C61H39NO. The van der Waals surface area contributed by atoms with E-state index in [4.69, 9.17) is 4.42 Å². The Morgan fingerprint density at radius 2 is 0.794 bits per heavy atom. The normalized spacial score (nSPS) is 14.4. The highest BCUT2D eigenvalue weighted by Crippen LogP contribution is 2.64. The zero-order valence-electron chi connectivity index (χ0n) is 34.4. The molecule has 1 spiro atoms. The first-order valence-electron chi connectivity index (χ1n) is 21.7. The minimum absolute atomic E-state index is 0.448. The zero-order valence-corrected chi connectivity index (χ0v) is 34.4. The van der Waals surface area contributed by atoms with Crippen molar-refractivity contribution in [2.75, 3.05) is 4.90 Å². The third kappa shape index (κ3) is 5.32. The van der Waals surface area contributed by atoms with Gasteiger partial charge < -0.3 is 9.32 Å². The van der Waals surface area contributed by atoms with Crippen LogP contribution in [-0.2, 0) is 5.41 Å². The molecule has 1 aromatic heterocycles. The molecule has 13 rings (SSSR count). The summed E-state index contributed by atoms with van der Waals surface area (Å²) in [6.07, 6.45) is 0. The number of hydrogen-bond acceptors (Lipinski definition) is 2. The van der Waals surface area contributed by atoms with Crippen molar-refractivity contribution < 1.29 is 4.42 Å². The van der Waals surface area contributed by atoms with Crippen molar-refractivity contribution in [3.63, 3.8) is 0 Å². The Hall–Kier alpha value is -8.20. The average molecular weight is 802 g/mol. The fourth-order valence-corrected chi connectivity index (χ4v) is 10.8. The molecule has 1 heterocycles. The highest BCUT2D eigenvalue weighted by molar-refractivity contribution is 6.06. The molecule has 0 radical (unpaired) electrons. The molecule has 0 saturated carbocycles. The molecule has 0 saturated heterocycles. The molecule has 0 fully saturated rings. The van der Waals surface area contributed by atoms with Gasteiger partial charge in [-0.2, -0.15) is 0 Å². The van der Waals surface area contributed by atoms with Gasteiger partial charge in [0.2, 0.25) is 0 Å². The van der Waals surface area contributed by atoms with Crippen LogP contribution in [0.3, 0.4) is 0 Å². The number of furan rings is 1. The van der Waals surface area contributed by atoms with Crippen LogP contribution in [0.5, 0.6) is 0 Å². The van der Waals surface area contributed by atoms with Crippen molar-refractivity contribution in [1.82, 2.24) is 0 Å². The lowest BCUT2D eigenvalue weighted by molar-refractivity contribution is 0.669. The van der Waals surface area contributed by atoms with Crippen LogP contribution in [0.2, 0.25) is 0 Å². The summed E-state index contributed by atoms with van der Waals surface area (Å²) in [6.45, 7) is 0. The molecule has 0 N–H and O–H groups in total. The van der Waals surface area contributed by atoms with Crippen LogP contribution < -0.4 is 4.90 Å². The second-order valence-corrected chi connectivity index (χ2v) is 16.8. The smallest absolute Gasteiger partial charge is 0.137 e. The third-order valence-corrected chi connectivity index (χ3v) is 13.5. The highest BCUT2D eigenvalue weighted by Gasteiger charge is 2.52. The molecule has 2 aliphatic carbocycles. The molecule has 2 heteroatoms. The standard InChI is InChI=1S/C61H39NO/c1-3-14-40(15-4-1)41-26-31-45(32-27-41)62(47-35-37-52-51-19-9-12-25-58(51)63-59(52)39-47)46-33-28-42(29-34-46)44-30-36-50-49-18-7-10-22-54(49)61(57(50)38-44)55-23-11-8-20-53(55)60-48(21-13-24-56(60)61)43-16-5-2-6-17-43/h1-39H. The van der Waals surface area contributed by atoms with Crippen molar-refractivity contribution >= 4 is 39.0 Å². The summed E-state index contributed by atoms with van der Waals surface area (Å²) in [5, 5.41) is 2.24. The van der Waals surface area contributed by atoms with E-state index < -0.39 is 5.41 Å². The van der Waals surface area contributed by atoms with Crippen LogP contribution in [0.1, 0.15) is 22.3 Å². The van der Waals surface area contributed by atoms with Crippen LogP contribution in [0, 0.1) is 0 Å². The van der Waals surface area contributed by atoms with E-state index in [-0.39, 0.29) is 0 Å². The van der Waals surface area contributed by atoms with Gasteiger partial charge in [-0.15, -0.1) is 0 Å². The molecule has 11 aromatic rings. The fourth-order valence-electron chi connectivity index (χ4n) is 10.8. The van der Waals surface area contributed by atoms with Gasteiger partial charge in [-0.05, 0) is 126 Å². The summed E-state index contributed by atoms with van der Waals surface area (Å²) in [6, 6.07) is 86.4. The average Bonchev–Trinajstić information content (AvgIpc) is 3.99. The first kappa shape index (κ1) is 35.5. The van der Waals surface area contributed by atoms with E-state index in [1.54, 1.807) is 0 Å². The summed E-state index contributed by atoms with van der Waals surface area (Å²) in [7, 11) is 0. The van der Waals surface area contributed by atoms with E-state index in [1.165, 1.54) is 77.9 Å². The molecule has 1 unspecified atom stereocenters. The predicted octanol–water partition coefficient (Wildman–Crippen LogP) is 16.4. The lowest BCUT2D eigenvalue weighted by Gasteiger charge is -2.31. The third-order valence-electron chi connectivity index (χ3n) is 13.5. The highest BCUT2D eigenvalue weighted by atomic mass is 16.3. The maximum absolute atomic E-state index is 6.41. The maximum Gasteiger partial charge on any atom is 0.137 e. The Morgan fingerprint density at radius 3 is 1.54 bits per heavy atom. The number of para-hydroxylation sites is 1. The van der Waals surface area contributed by atoms with Gasteiger partial charge in [0.1, 0.15) is 11.2 Å². The van der Waals surface area contributed by atoms with Gasteiger partial charge in [0.15, 0.2) is 0 Å². The van der Waals surface area contributed by atoms with Gasteiger partial charge in [0.05, 0.1) is 5.41 Å². The van der Waals surface area contributed by atoms with Gasteiger partial charge in [0.25, 0.3) is 0 Å². The molecule has 63 heavy (non-hydrogen) atoms. The van der Waals surface area contributed by atoms with Crippen molar-refractivity contribution in [3.8, 4) is 55.6 Å². The number of nitrogens with zero attached hydrogens (tertiary/aromatic N) is 1. The van der Waals surface area contributed by atoms with E-state index in [9.17, 15) is 0 Å². The van der Waals surface area contributed by atoms with Crippen LogP contribution >= 0.6 is 0 Å². The number of benzene rings is 10. The second kappa shape index (κ2) is 13.9. The Labute approximate surface area is 366 Å². The molecule has 0 bridgehead atoms. The lowest BCUT2D eigenvalue weighted by atomic mass is 9.70. The SMILES string of the molecule is c1ccc(-c2ccc(N(c3ccc(-c4ccc5c(c4)C4(c6ccccc6-5)c5ccccc5-c5c(-c6ccccc6)cccc54)cc3)c3ccc4c(c3)oc3ccccc34)cc2)cc1. The summed E-state index contributed by atoms with van der Waals surface area (Å²) in [5.41, 5.74) is 22.4. The van der Waals surface area contributed by atoms with Gasteiger partial charge in [0, 0.05) is 33.9 Å². The van der Waals surface area contributed by atoms with Crippen molar-refractivity contribution in [3.05, 3.63) is 259 Å². The molecule has 2 nitrogen and oxygen atoms in total. The lowest BCUT2D eigenvalue weighted by Crippen LogP contribution is -2.25. The van der Waals surface area contributed by atoms with Crippen LogP contribution in [0.15, 0.2) is 241 Å². The second-order valence-electron chi connectivity index (χ2n) is 16.8. The number of anilines is 3. The van der Waals surface area contributed by atoms with Gasteiger partial charge >= 0.3 is 0 Å². The quantitative estimate of drug-likeness (QED) is 0.167. The largest absolute Gasteiger partial charge is 0.456 e. The fraction of sp³-hybridized carbons (Fsp3) is 0.0164. The Kier molecular flexibility index (Phi) is 7.85. The minimum Gasteiger partial charge on any atom is -0.456 e. The minimum atomic E-state index is -0.448. The number of fused-ring (bicyclic) bond motifs is 13. The summed E-state index contributed by atoms with van der Waals surface area (Å²) >= 11 is 0. The van der Waals surface area contributed by atoms with Crippen LogP contribution in [-0.4, -0.2) is 0 Å². The van der Waals surface area contributed by atoms with Gasteiger partial charge in [-0.3, -0.25) is 0 Å². The number of rotatable bonds is 6. The van der Waals surface area contributed by atoms with Crippen LogP contribution in [0.4, 0.5) is 17.1 Å². The Balaban J connectivity index is 0.947. The monoisotopic (exact) mass is 801 g/mol. The molecule has 0 aliphatic heterocycles. The molecule has 294 valence electrons. The van der Waals surface area contributed by atoms with Crippen molar-refractivity contribution in [2.24, 2.45) is 0 Å². The van der Waals surface area contributed by atoms with E-state index in [1.807, 2.05) is 12.1 Å². The Bertz CT molecular complexity index is 3550. The molecule has 1 atom stereocenters. The molecule has 2 aliphatic rings. The maximum atomic E-state index is 6.41. The van der Waals surface area contributed by atoms with E-state index >= 15 is 0 Å². The van der Waals surface area contributed by atoms with Gasteiger partial charge in [-0.1, -0.05) is 182 Å². The van der Waals surface area contributed by atoms with Crippen LogP contribution in [0.25, 0.3) is 77.6 Å². The van der Waals surface area contributed by atoms with Gasteiger partial charge in [-0.25, -0.2) is 0 Å². The molecular weight excluding hydrogens is 763 g/mol. The van der Waals surface area contributed by atoms with E-state index in [0.29, 0.717) is 0 Å². The topological polar surface area (TPSA) is 16.4 Å². The van der Waals surface area contributed by atoms with E-state index in [2.05, 4.69) is 229 Å². The van der Waals surface area contributed by atoms with Crippen molar-refractivity contribution in [2.45, 2.75) is 5.41 Å². The molecule has 0 amide bonds. The van der Waals surface area contributed by atoms with E-state index in [0.717, 1.165) is 39.0 Å². The first-order valence-corrected chi connectivity index (χ1v) is 21.7. The predicted molar refractivity (Wildman–Crippen MR) is 261 cm³/mol. The summed E-state index contributed by atoms with van der Waals surface area (Å²) in [5.74, 6) is 0. The zero-order chi connectivity index (χ0) is 41.5.